The molecule has 4 rings (SSSR count). The van der Waals surface area contributed by atoms with Crippen molar-refractivity contribution in [2.45, 2.75) is 25.8 Å². The summed E-state index contributed by atoms with van der Waals surface area (Å²) in [5.41, 5.74) is 3.80. The maximum atomic E-state index is 12.4. The van der Waals surface area contributed by atoms with E-state index >= 15 is 0 Å². The fourth-order valence-electron chi connectivity index (χ4n) is 3.64. The Balaban J connectivity index is 1.33. The number of carbonyl (C=O) groups is 2. The van der Waals surface area contributed by atoms with Gasteiger partial charge in [0, 0.05) is 43.2 Å². The highest BCUT2D eigenvalue weighted by atomic mass is 16.2. The second kappa shape index (κ2) is 8.21. The second-order valence-corrected chi connectivity index (χ2v) is 7.11. The van der Waals surface area contributed by atoms with Crippen molar-refractivity contribution in [3.05, 3.63) is 77.5 Å². The summed E-state index contributed by atoms with van der Waals surface area (Å²) in [4.78, 5) is 30.5. The molecule has 1 fully saturated rings. The standard InChI is InChI=1S/C23H23N3O2/c27-21-7-3-15-26(21)16-17-8-10-20(11-9-17)23(28)25-14-12-19-5-1-4-18-6-2-13-24-22(18)19/h1-2,4-6,8-11,13H,3,7,12,14-16H2,(H,25,28). The number of fused-ring (bicyclic) bond motifs is 1. The number of likely N-dealkylation sites (tertiary alicyclic amines) is 1. The minimum Gasteiger partial charge on any atom is -0.352 e. The zero-order valence-corrected chi connectivity index (χ0v) is 15.7. The van der Waals surface area contributed by atoms with Crippen LogP contribution >= 0.6 is 0 Å². The normalized spacial score (nSPS) is 13.9. The van der Waals surface area contributed by atoms with Crippen molar-refractivity contribution in [1.82, 2.24) is 15.2 Å². The summed E-state index contributed by atoms with van der Waals surface area (Å²) >= 11 is 0. The summed E-state index contributed by atoms with van der Waals surface area (Å²) in [6.07, 6.45) is 4.11. The van der Waals surface area contributed by atoms with Crippen LogP contribution in [-0.2, 0) is 17.8 Å². The number of carbonyl (C=O) groups excluding carboxylic acids is 2. The highest BCUT2D eigenvalue weighted by molar-refractivity contribution is 5.94. The Hall–Kier alpha value is -3.21. The van der Waals surface area contributed by atoms with Gasteiger partial charge in [0.1, 0.15) is 0 Å². The average molecular weight is 373 g/mol. The third-order valence-corrected chi connectivity index (χ3v) is 5.16. The molecule has 28 heavy (non-hydrogen) atoms. The maximum absolute atomic E-state index is 12.4. The molecule has 0 saturated carbocycles. The van der Waals surface area contributed by atoms with Gasteiger partial charge in [-0.05, 0) is 42.2 Å². The first kappa shape index (κ1) is 18.2. The van der Waals surface area contributed by atoms with Gasteiger partial charge in [0.15, 0.2) is 0 Å². The largest absolute Gasteiger partial charge is 0.352 e. The Morgan fingerprint density at radius 1 is 1.07 bits per heavy atom. The molecule has 1 aliphatic heterocycles. The van der Waals surface area contributed by atoms with Gasteiger partial charge in [0.2, 0.25) is 5.91 Å². The van der Waals surface area contributed by atoms with E-state index in [0.29, 0.717) is 25.1 Å². The Morgan fingerprint density at radius 3 is 2.68 bits per heavy atom. The summed E-state index contributed by atoms with van der Waals surface area (Å²) in [6.45, 7) is 2.00. The molecule has 5 nitrogen and oxygen atoms in total. The number of para-hydroxylation sites is 1. The molecular formula is C23H23N3O2. The number of hydrogen-bond donors (Lipinski definition) is 1. The third kappa shape index (κ3) is 4.03. The SMILES string of the molecule is O=C(NCCc1cccc2cccnc12)c1ccc(CN2CCCC2=O)cc1. The van der Waals surface area contributed by atoms with Crippen molar-refractivity contribution in [1.29, 1.82) is 0 Å². The molecule has 0 aliphatic carbocycles. The number of nitrogens with one attached hydrogen (secondary N) is 1. The average Bonchev–Trinajstić information content (AvgIpc) is 3.13. The Kier molecular flexibility index (Phi) is 5.33. The van der Waals surface area contributed by atoms with Crippen LogP contribution in [0.15, 0.2) is 60.8 Å². The minimum atomic E-state index is -0.0861. The van der Waals surface area contributed by atoms with E-state index in [-0.39, 0.29) is 11.8 Å². The van der Waals surface area contributed by atoms with Gasteiger partial charge in [-0.2, -0.15) is 0 Å². The van der Waals surface area contributed by atoms with E-state index in [2.05, 4.69) is 16.4 Å². The zero-order valence-electron chi connectivity index (χ0n) is 15.7. The molecule has 0 unspecified atom stereocenters. The van der Waals surface area contributed by atoms with Gasteiger partial charge in [0.05, 0.1) is 5.52 Å². The molecule has 1 aliphatic rings. The van der Waals surface area contributed by atoms with Crippen LogP contribution in [0, 0.1) is 0 Å². The van der Waals surface area contributed by atoms with Crippen LogP contribution in [0.25, 0.3) is 10.9 Å². The van der Waals surface area contributed by atoms with E-state index in [0.717, 1.165) is 41.4 Å². The molecule has 2 amide bonds. The molecule has 0 bridgehead atoms. The van der Waals surface area contributed by atoms with E-state index < -0.39 is 0 Å². The van der Waals surface area contributed by atoms with Crippen LogP contribution < -0.4 is 5.32 Å². The summed E-state index contributed by atoms with van der Waals surface area (Å²) in [7, 11) is 0. The highest BCUT2D eigenvalue weighted by Gasteiger charge is 2.20. The molecule has 1 N–H and O–H groups in total. The Bertz CT molecular complexity index is 993. The van der Waals surface area contributed by atoms with Crippen LogP contribution in [0.4, 0.5) is 0 Å². The van der Waals surface area contributed by atoms with E-state index in [1.54, 1.807) is 6.20 Å². The summed E-state index contributed by atoms with van der Waals surface area (Å²) in [5, 5.41) is 4.09. The first-order chi connectivity index (χ1) is 13.7. The summed E-state index contributed by atoms with van der Waals surface area (Å²) < 4.78 is 0. The van der Waals surface area contributed by atoms with Crippen molar-refractivity contribution in [2.24, 2.45) is 0 Å². The van der Waals surface area contributed by atoms with Crippen molar-refractivity contribution < 1.29 is 9.59 Å². The van der Waals surface area contributed by atoms with Gasteiger partial charge in [-0.3, -0.25) is 14.6 Å². The monoisotopic (exact) mass is 373 g/mol. The number of benzene rings is 2. The molecule has 3 aromatic rings. The minimum absolute atomic E-state index is 0.0861. The van der Waals surface area contributed by atoms with Crippen molar-refractivity contribution in [2.75, 3.05) is 13.1 Å². The smallest absolute Gasteiger partial charge is 0.251 e. The molecule has 0 spiro atoms. The van der Waals surface area contributed by atoms with Crippen LogP contribution in [-0.4, -0.2) is 34.8 Å². The number of hydrogen-bond acceptors (Lipinski definition) is 3. The molecule has 2 aromatic carbocycles. The predicted molar refractivity (Wildman–Crippen MR) is 109 cm³/mol. The molecular weight excluding hydrogens is 350 g/mol. The number of amides is 2. The van der Waals surface area contributed by atoms with Gasteiger partial charge in [-0.15, -0.1) is 0 Å². The first-order valence-electron chi connectivity index (χ1n) is 9.68. The number of pyridine rings is 1. The summed E-state index contributed by atoms with van der Waals surface area (Å²) in [5.74, 6) is 0.127. The lowest BCUT2D eigenvalue weighted by atomic mass is 10.1. The lowest BCUT2D eigenvalue weighted by Gasteiger charge is -2.15. The fraction of sp³-hybridized carbons (Fsp3) is 0.261. The van der Waals surface area contributed by atoms with Gasteiger partial charge in [0.25, 0.3) is 5.91 Å². The predicted octanol–water partition coefficient (Wildman–Crippen LogP) is 3.33. The van der Waals surface area contributed by atoms with Crippen molar-refractivity contribution >= 4 is 22.7 Å². The van der Waals surface area contributed by atoms with Gasteiger partial charge in [-0.25, -0.2) is 0 Å². The lowest BCUT2D eigenvalue weighted by molar-refractivity contribution is -0.128. The van der Waals surface area contributed by atoms with Crippen LogP contribution in [0.5, 0.6) is 0 Å². The Morgan fingerprint density at radius 2 is 1.89 bits per heavy atom. The first-order valence-corrected chi connectivity index (χ1v) is 9.68. The number of aromatic nitrogens is 1. The van der Waals surface area contributed by atoms with E-state index in [9.17, 15) is 9.59 Å². The van der Waals surface area contributed by atoms with Crippen molar-refractivity contribution in [3.8, 4) is 0 Å². The molecule has 1 saturated heterocycles. The highest BCUT2D eigenvalue weighted by Crippen LogP contribution is 2.17. The quantitative estimate of drug-likeness (QED) is 0.721. The van der Waals surface area contributed by atoms with Gasteiger partial charge < -0.3 is 10.2 Å². The van der Waals surface area contributed by atoms with Gasteiger partial charge in [-0.1, -0.05) is 36.4 Å². The van der Waals surface area contributed by atoms with Crippen molar-refractivity contribution in [3.63, 3.8) is 0 Å². The topological polar surface area (TPSA) is 62.3 Å². The zero-order chi connectivity index (χ0) is 19.3. The summed E-state index contributed by atoms with van der Waals surface area (Å²) in [6, 6.07) is 17.6. The number of nitrogens with zero attached hydrogens (tertiary/aromatic N) is 2. The molecule has 0 radical (unpaired) electrons. The molecule has 0 atom stereocenters. The fourth-order valence-corrected chi connectivity index (χ4v) is 3.64. The lowest BCUT2D eigenvalue weighted by Crippen LogP contribution is -2.26. The van der Waals surface area contributed by atoms with E-state index in [1.807, 2.05) is 53.4 Å². The number of rotatable bonds is 6. The van der Waals surface area contributed by atoms with Crippen LogP contribution in [0.3, 0.4) is 0 Å². The van der Waals surface area contributed by atoms with Crippen LogP contribution in [0.1, 0.15) is 34.3 Å². The maximum Gasteiger partial charge on any atom is 0.251 e. The van der Waals surface area contributed by atoms with E-state index in [1.165, 1.54) is 0 Å². The van der Waals surface area contributed by atoms with Gasteiger partial charge >= 0.3 is 0 Å². The molecule has 2 heterocycles. The van der Waals surface area contributed by atoms with Crippen LogP contribution in [0.2, 0.25) is 0 Å². The Labute approximate surface area is 164 Å². The molecule has 142 valence electrons. The third-order valence-electron chi connectivity index (χ3n) is 5.16. The molecule has 1 aromatic heterocycles. The second-order valence-electron chi connectivity index (χ2n) is 7.11. The van der Waals surface area contributed by atoms with E-state index in [4.69, 9.17) is 0 Å². The molecule has 5 heteroatoms.